The van der Waals surface area contributed by atoms with Crippen molar-refractivity contribution in [3.05, 3.63) is 71.4 Å². The van der Waals surface area contributed by atoms with Gasteiger partial charge < -0.3 is 14.6 Å². The highest BCUT2D eigenvalue weighted by Gasteiger charge is 2.28. The number of thioether (sulfide) groups is 1. The smallest absolute Gasteiger partial charge is 0.422 e. The van der Waals surface area contributed by atoms with Crippen LogP contribution in [0, 0.1) is 6.92 Å². The number of carbonyl (C=O) groups excluding carboxylic acids is 1. The minimum atomic E-state index is -4.41. The number of hydrogen-bond donors (Lipinski definition) is 1. The summed E-state index contributed by atoms with van der Waals surface area (Å²) in [6.45, 7) is 0.499. The second kappa shape index (κ2) is 9.66. The molecule has 1 heterocycles. The zero-order chi connectivity index (χ0) is 21.6. The topological polar surface area (TPSA) is 77.2 Å². The number of alkyl halides is 3. The van der Waals surface area contributed by atoms with Crippen LogP contribution >= 0.6 is 11.8 Å². The molecule has 0 atom stereocenters. The maximum atomic E-state index is 12.6. The number of ether oxygens (including phenoxy) is 1. The van der Waals surface area contributed by atoms with E-state index in [4.69, 9.17) is 9.26 Å². The molecule has 0 unspecified atom stereocenters. The Morgan fingerprint density at radius 2 is 2.00 bits per heavy atom. The number of rotatable bonds is 8. The van der Waals surface area contributed by atoms with Gasteiger partial charge in [-0.15, -0.1) is 11.8 Å². The Morgan fingerprint density at radius 3 is 2.73 bits per heavy atom. The van der Waals surface area contributed by atoms with Gasteiger partial charge in [-0.3, -0.25) is 4.79 Å². The van der Waals surface area contributed by atoms with E-state index in [0.717, 1.165) is 4.90 Å². The van der Waals surface area contributed by atoms with Gasteiger partial charge in [0.2, 0.25) is 5.89 Å². The van der Waals surface area contributed by atoms with E-state index in [2.05, 4.69) is 15.5 Å². The maximum absolute atomic E-state index is 12.6. The van der Waals surface area contributed by atoms with Gasteiger partial charge in [-0.25, -0.2) is 0 Å². The molecule has 0 aliphatic carbocycles. The van der Waals surface area contributed by atoms with Crippen LogP contribution in [0.5, 0.6) is 5.75 Å². The van der Waals surface area contributed by atoms with E-state index in [1.54, 1.807) is 31.2 Å². The number of hydrogen-bond acceptors (Lipinski definition) is 6. The van der Waals surface area contributed by atoms with Gasteiger partial charge >= 0.3 is 6.18 Å². The molecular weight excluding hydrogens is 419 g/mol. The number of amides is 1. The van der Waals surface area contributed by atoms with Crippen LogP contribution < -0.4 is 10.1 Å². The summed E-state index contributed by atoms with van der Waals surface area (Å²) in [6, 6.07) is 13.2. The average Bonchev–Trinajstić information content (AvgIpc) is 3.14. The van der Waals surface area contributed by atoms with Gasteiger partial charge in [0.25, 0.3) is 5.91 Å². The maximum Gasteiger partial charge on any atom is 0.422 e. The molecule has 0 aliphatic rings. The lowest BCUT2D eigenvalue weighted by Crippen LogP contribution is -2.23. The van der Waals surface area contributed by atoms with Gasteiger partial charge in [0, 0.05) is 11.4 Å². The fourth-order valence-corrected chi connectivity index (χ4v) is 3.39. The summed E-state index contributed by atoms with van der Waals surface area (Å²) >= 11 is 1.39. The summed E-state index contributed by atoms with van der Waals surface area (Å²) in [5.74, 6) is 1.21. The molecule has 1 amide bonds. The third-order valence-electron chi connectivity index (χ3n) is 3.81. The summed E-state index contributed by atoms with van der Waals surface area (Å²) in [6.07, 6.45) is -4.41. The second-order valence-corrected chi connectivity index (χ2v) is 7.27. The highest BCUT2D eigenvalue weighted by Crippen LogP contribution is 2.26. The molecule has 0 saturated heterocycles. The van der Waals surface area contributed by atoms with Gasteiger partial charge in [-0.1, -0.05) is 29.4 Å². The molecule has 2 aromatic carbocycles. The van der Waals surface area contributed by atoms with Crippen LogP contribution in [0.3, 0.4) is 0 Å². The predicted octanol–water partition coefficient (Wildman–Crippen LogP) is 4.54. The van der Waals surface area contributed by atoms with Gasteiger partial charge in [0.05, 0.1) is 11.3 Å². The molecule has 0 saturated carbocycles. The Morgan fingerprint density at radius 1 is 1.20 bits per heavy atom. The summed E-state index contributed by atoms with van der Waals surface area (Å²) in [5.41, 5.74) is 1.10. The minimum absolute atomic E-state index is 0.0879. The molecule has 3 aromatic rings. The molecule has 30 heavy (non-hydrogen) atoms. The van der Waals surface area contributed by atoms with E-state index >= 15 is 0 Å². The molecule has 6 nitrogen and oxygen atoms in total. The molecular formula is C20H18F3N3O3S. The third kappa shape index (κ3) is 6.51. The Balaban J connectivity index is 1.60. The molecule has 0 spiro atoms. The number of carbonyl (C=O) groups is 1. The predicted molar refractivity (Wildman–Crippen MR) is 104 cm³/mol. The zero-order valence-corrected chi connectivity index (χ0v) is 16.7. The molecule has 0 radical (unpaired) electrons. The molecule has 10 heteroatoms. The van der Waals surface area contributed by atoms with Crippen molar-refractivity contribution in [2.45, 2.75) is 30.3 Å². The van der Waals surface area contributed by atoms with Gasteiger partial charge in [0.1, 0.15) is 5.75 Å². The van der Waals surface area contributed by atoms with Gasteiger partial charge in [-0.05, 0) is 36.8 Å². The van der Waals surface area contributed by atoms with Crippen LogP contribution in [0.4, 0.5) is 13.2 Å². The number of nitrogens with one attached hydrogen (secondary N) is 1. The number of benzene rings is 2. The lowest BCUT2D eigenvalue weighted by molar-refractivity contribution is -0.153. The monoisotopic (exact) mass is 437 g/mol. The van der Waals surface area contributed by atoms with Crippen molar-refractivity contribution in [3.63, 3.8) is 0 Å². The lowest BCUT2D eigenvalue weighted by atomic mass is 10.2. The summed E-state index contributed by atoms with van der Waals surface area (Å²) < 4.78 is 46.7. The standard InChI is InChI=1S/C20H18F3N3O3S/c1-13-25-18(29-26-13)11-30-17-8-3-2-7-16(17)19(27)24-10-14-5-4-6-15(9-14)28-12-20(21,22)23/h2-9H,10-12H2,1H3,(H,24,27). The van der Waals surface area contributed by atoms with E-state index in [-0.39, 0.29) is 18.2 Å². The number of halogens is 3. The Labute approximate surface area is 174 Å². The highest BCUT2D eigenvalue weighted by atomic mass is 32.2. The van der Waals surface area contributed by atoms with Crippen molar-refractivity contribution in [2.24, 2.45) is 0 Å². The fraction of sp³-hybridized carbons (Fsp3) is 0.250. The molecule has 158 valence electrons. The van der Waals surface area contributed by atoms with E-state index in [0.29, 0.717) is 28.6 Å². The molecule has 0 fully saturated rings. The summed E-state index contributed by atoms with van der Waals surface area (Å²) in [5, 5.41) is 6.51. The Bertz CT molecular complexity index is 1010. The summed E-state index contributed by atoms with van der Waals surface area (Å²) in [4.78, 5) is 17.5. The van der Waals surface area contributed by atoms with E-state index in [9.17, 15) is 18.0 Å². The first-order valence-electron chi connectivity index (χ1n) is 8.88. The van der Waals surface area contributed by atoms with Crippen molar-refractivity contribution in [3.8, 4) is 5.75 Å². The quantitative estimate of drug-likeness (QED) is 0.522. The van der Waals surface area contributed by atoms with E-state index in [1.165, 1.54) is 23.9 Å². The van der Waals surface area contributed by atoms with Crippen molar-refractivity contribution in [1.29, 1.82) is 0 Å². The lowest BCUT2D eigenvalue weighted by Gasteiger charge is -2.12. The average molecular weight is 437 g/mol. The van der Waals surface area contributed by atoms with Crippen molar-refractivity contribution < 1.29 is 27.2 Å². The molecule has 0 aliphatic heterocycles. The second-order valence-electron chi connectivity index (χ2n) is 6.25. The first-order valence-corrected chi connectivity index (χ1v) is 9.86. The molecule has 1 aromatic heterocycles. The highest BCUT2D eigenvalue weighted by molar-refractivity contribution is 7.98. The van der Waals surface area contributed by atoms with Crippen LogP contribution in [0.15, 0.2) is 57.9 Å². The fourth-order valence-electron chi connectivity index (χ4n) is 2.51. The largest absolute Gasteiger partial charge is 0.484 e. The van der Waals surface area contributed by atoms with Crippen molar-refractivity contribution >= 4 is 17.7 Å². The minimum Gasteiger partial charge on any atom is -0.484 e. The Hall–Kier alpha value is -3.01. The van der Waals surface area contributed by atoms with Gasteiger partial charge in [0.15, 0.2) is 12.4 Å². The van der Waals surface area contributed by atoms with Crippen LogP contribution in [-0.2, 0) is 12.3 Å². The number of aryl methyl sites for hydroxylation is 1. The van der Waals surface area contributed by atoms with Crippen LogP contribution in [0.2, 0.25) is 0 Å². The van der Waals surface area contributed by atoms with Crippen LogP contribution in [-0.4, -0.2) is 28.8 Å². The molecule has 0 bridgehead atoms. The van der Waals surface area contributed by atoms with Gasteiger partial charge in [-0.2, -0.15) is 18.2 Å². The first kappa shape index (κ1) is 21.7. The van der Waals surface area contributed by atoms with Crippen LogP contribution in [0.1, 0.15) is 27.6 Å². The number of nitrogens with zero attached hydrogens (tertiary/aromatic N) is 2. The normalized spacial score (nSPS) is 11.3. The van der Waals surface area contributed by atoms with E-state index in [1.807, 2.05) is 12.1 Å². The molecule has 3 rings (SSSR count). The van der Waals surface area contributed by atoms with Crippen LogP contribution in [0.25, 0.3) is 0 Å². The summed E-state index contributed by atoms with van der Waals surface area (Å²) in [7, 11) is 0. The van der Waals surface area contributed by atoms with Crippen molar-refractivity contribution in [2.75, 3.05) is 6.61 Å². The first-order chi connectivity index (χ1) is 14.3. The van der Waals surface area contributed by atoms with E-state index < -0.39 is 12.8 Å². The van der Waals surface area contributed by atoms with Crippen molar-refractivity contribution in [1.82, 2.24) is 15.5 Å². The Kier molecular flexibility index (Phi) is 6.99. The number of aromatic nitrogens is 2. The SMILES string of the molecule is Cc1noc(CSc2ccccc2C(=O)NCc2cccc(OCC(F)(F)F)c2)n1. The zero-order valence-electron chi connectivity index (χ0n) is 15.9. The third-order valence-corrected chi connectivity index (χ3v) is 4.86. The molecule has 1 N–H and O–H groups in total.